The molecule has 0 radical (unpaired) electrons. The van der Waals surface area contributed by atoms with E-state index in [-0.39, 0.29) is 23.6 Å². The lowest BCUT2D eigenvalue weighted by atomic mass is 10.2. The van der Waals surface area contributed by atoms with Gasteiger partial charge in [-0.15, -0.1) is 0 Å². The van der Waals surface area contributed by atoms with Gasteiger partial charge in [-0.1, -0.05) is 11.6 Å². The zero-order valence-electron chi connectivity index (χ0n) is 10.2. The molecule has 98 valence electrons. The molecule has 0 aliphatic heterocycles. The Morgan fingerprint density at radius 3 is 2.79 bits per heavy atom. The van der Waals surface area contributed by atoms with Gasteiger partial charge < -0.3 is 10.3 Å². The number of amides is 1. The average Bonchev–Trinajstić information content (AvgIpc) is 2.36. The number of nitrogens with zero attached hydrogens (tertiary/aromatic N) is 1. The lowest BCUT2D eigenvalue weighted by Crippen LogP contribution is -2.21. The van der Waals surface area contributed by atoms with Crippen molar-refractivity contribution in [2.45, 2.75) is 13.3 Å². The highest BCUT2D eigenvalue weighted by atomic mass is 35.5. The molecule has 0 atom stereocenters. The van der Waals surface area contributed by atoms with Crippen molar-refractivity contribution < 1.29 is 4.79 Å². The van der Waals surface area contributed by atoms with Gasteiger partial charge >= 0.3 is 0 Å². The normalized spacial score (nSPS) is 10.2. The smallest absolute Gasteiger partial charge is 0.271 e. The number of halogens is 1. The Kier molecular flexibility index (Phi) is 3.97. The molecule has 0 aromatic carbocycles. The van der Waals surface area contributed by atoms with Crippen LogP contribution in [-0.2, 0) is 11.2 Å². The van der Waals surface area contributed by atoms with Crippen LogP contribution < -0.4 is 10.9 Å². The van der Waals surface area contributed by atoms with Gasteiger partial charge in [0.25, 0.3) is 5.56 Å². The predicted octanol–water partition coefficient (Wildman–Crippen LogP) is 1.91. The molecule has 5 nitrogen and oxygen atoms in total. The van der Waals surface area contributed by atoms with Crippen LogP contribution in [0.3, 0.4) is 0 Å². The first-order chi connectivity index (χ1) is 9.04. The summed E-state index contributed by atoms with van der Waals surface area (Å²) in [5.74, 6) is -0.302. The molecule has 2 heterocycles. The largest absolute Gasteiger partial charge is 0.325 e. The van der Waals surface area contributed by atoms with Crippen molar-refractivity contribution >= 4 is 23.2 Å². The lowest BCUT2D eigenvalue weighted by molar-refractivity contribution is -0.115. The van der Waals surface area contributed by atoms with Crippen LogP contribution in [0.4, 0.5) is 5.69 Å². The third-order valence-electron chi connectivity index (χ3n) is 2.46. The summed E-state index contributed by atoms with van der Waals surface area (Å²) in [6, 6.07) is 6.62. The van der Waals surface area contributed by atoms with Crippen molar-refractivity contribution in [2.24, 2.45) is 0 Å². The quantitative estimate of drug-likeness (QED) is 0.900. The van der Waals surface area contributed by atoms with Gasteiger partial charge in [-0.25, -0.2) is 0 Å². The first-order valence-electron chi connectivity index (χ1n) is 5.65. The highest BCUT2D eigenvalue weighted by Crippen LogP contribution is 2.07. The van der Waals surface area contributed by atoms with Crippen LogP contribution in [0, 0.1) is 6.92 Å². The molecule has 19 heavy (non-hydrogen) atoms. The van der Waals surface area contributed by atoms with E-state index in [0.717, 1.165) is 5.69 Å². The molecule has 2 rings (SSSR count). The van der Waals surface area contributed by atoms with E-state index < -0.39 is 0 Å². The molecule has 2 N–H and O–H groups in total. The van der Waals surface area contributed by atoms with Crippen molar-refractivity contribution in [3.63, 3.8) is 0 Å². The van der Waals surface area contributed by atoms with Crippen LogP contribution in [0.25, 0.3) is 0 Å². The van der Waals surface area contributed by atoms with Crippen LogP contribution >= 0.6 is 11.6 Å². The Morgan fingerprint density at radius 2 is 2.16 bits per heavy atom. The Labute approximate surface area is 114 Å². The van der Waals surface area contributed by atoms with Crippen molar-refractivity contribution in [1.29, 1.82) is 0 Å². The lowest BCUT2D eigenvalue weighted by Gasteiger charge is -2.04. The third kappa shape index (κ3) is 3.66. The maximum Gasteiger partial charge on any atom is 0.271 e. The van der Waals surface area contributed by atoms with Gasteiger partial charge in [-0.05, 0) is 31.2 Å². The van der Waals surface area contributed by atoms with Gasteiger partial charge in [-0.2, -0.15) is 0 Å². The SMILES string of the molecule is Cc1ccc(NC(=O)Cc2ccc(Cl)cn2)c(=O)[nH]1. The standard InChI is InChI=1S/C13H12ClN3O2/c1-8-2-5-11(13(19)16-8)17-12(18)6-10-4-3-9(14)7-15-10/h2-5,7H,6H2,1H3,(H,16,19)(H,17,18). The number of hydrogen-bond donors (Lipinski definition) is 2. The molecule has 1 amide bonds. The molecule has 0 bridgehead atoms. The van der Waals surface area contributed by atoms with Crippen LogP contribution in [0.5, 0.6) is 0 Å². The second kappa shape index (κ2) is 5.67. The van der Waals surface area contributed by atoms with Crippen LogP contribution in [0.2, 0.25) is 5.02 Å². The number of carbonyl (C=O) groups is 1. The number of carbonyl (C=O) groups excluding carboxylic acids is 1. The maximum atomic E-state index is 11.8. The fourth-order valence-corrected chi connectivity index (χ4v) is 1.65. The fraction of sp³-hybridized carbons (Fsp3) is 0.154. The molecule has 6 heteroatoms. The van der Waals surface area contributed by atoms with Gasteiger partial charge in [-0.3, -0.25) is 14.6 Å². The molecule has 0 aliphatic rings. The van der Waals surface area contributed by atoms with E-state index in [2.05, 4.69) is 15.3 Å². The topological polar surface area (TPSA) is 74.8 Å². The van der Waals surface area contributed by atoms with E-state index in [4.69, 9.17) is 11.6 Å². The van der Waals surface area contributed by atoms with E-state index in [0.29, 0.717) is 10.7 Å². The molecular formula is C13H12ClN3O2. The predicted molar refractivity (Wildman–Crippen MR) is 73.4 cm³/mol. The van der Waals surface area contributed by atoms with Crippen LogP contribution in [0.1, 0.15) is 11.4 Å². The number of aromatic nitrogens is 2. The van der Waals surface area contributed by atoms with Crippen LogP contribution in [-0.4, -0.2) is 15.9 Å². The number of nitrogens with one attached hydrogen (secondary N) is 2. The fourth-order valence-electron chi connectivity index (χ4n) is 1.54. The number of pyridine rings is 2. The Bertz CT molecular complexity index is 650. The minimum Gasteiger partial charge on any atom is -0.325 e. The van der Waals surface area contributed by atoms with Crippen molar-refractivity contribution in [2.75, 3.05) is 5.32 Å². The minimum absolute atomic E-state index is 0.0878. The zero-order valence-corrected chi connectivity index (χ0v) is 11.0. The first-order valence-corrected chi connectivity index (χ1v) is 6.02. The van der Waals surface area contributed by atoms with E-state index in [9.17, 15) is 9.59 Å². The van der Waals surface area contributed by atoms with Gasteiger partial charge in [0.05, 0.1) is 11.4 Å². The van der Waals surface area contributed by atoms with Gasteiger partial charge in [0.2, 0.25) is 5.91 Å². The van der Waals surface area contributed by atoms with E-state index in [1.54, 1.807) is 31.2 Å². The van der Waals surface area contributed by atoms with Crippen molar-refractivity contribution in [3.05, 3.63) is 57.2 Å². The Hall–Kier alpha value is -2.14. The van der Waals surface area contributed by atoms with E-state index in [1.165, 1.54) is 6.20 Å². The monoisotopic (exact) mass is 277 g/mol. The van der Waals surface area contributed by atoms with Crippen molar-refractivity contribution in [3.8, 4) is 0 Å². The molecule has 0 saturated heterocycles. The summed E-state index contributed by atoms with van der Waals surface area (Å²) in [6.07, 6.45) is 1.56. The molecule has 2 aromatic heterocycles. The second-order valence-electron chi connectivity index (χ2n) is 4.08. The zero-order chi connectivity index (χ0) is 13.8. The van der Waals surface area contributed by atoms with Gasteiger partial charge in [0.1, 0.15) is 5.69 Å². The van der Waals surface area contributed by atoms with E-state index in [1.807, 2.05) is 0 Å². The summed E-state index contributed by atoms with van der Waals surface area (Å²) < 4.78 is 0. The number of rotatable bonds is 3. The second-order valence-corrected chi connectivity index (χ2v) is 4.51. The first kappa shape index (κ1) is 13.3. The van der Waals surface area contributed by atoms with Gasteiger partial charge in [0.15, 0.2) is 0 Å². The van der Waals surface area contributed by atoms with Crippen LogP contribution in [0.15, 0.2) is 35.3 Å². The summed E-state index contributed by atoms with van der Waals surface area (Å²) in [6.45, 7) is 1.77. The molecule has 0 unspecified atom stereocenters. The molecule has 2 aromatic rings. The summed E-state index contributed by atoms with van der Waals surface area (Å²) in [4.78, 5) is 30.0. The average molecular weight is 278 g/mol. The number of hydrogen-bond acceptors (Lipinski definition) is 3. The minimum atomic E-state index is -0.322. The molecule has 0 fully saturated rings. The number of aryl methyl sites for hydroxylation is 1. The molecule has 0 spiro atoms. The molecule has 0 aliphatic carbocycles. The Balaban J connectivity index is 2.05. The highest BCUT2D eigenvalue weighted by molar-refractivity contribution is 6.30. The number of aromatic amines is 1. The Morgan fingerprint density at radius 1 is 1.37 bits per heavy atom. The summed E-state index contributed by atoms with van der Waals surface area (Å²) in [5, 5.41) is 3.06. The summed E-state index contributed by atoms with van der Waals surface area (Å²) in [7, 11) is 0. The van der Waals surface area contributed by atoms with Gasteiger partial charge in [0, 0.05) is 17.6 Å². The maximum absolute atomic E-state index is 11.8. The molecule has 0 saturated carbocycles. The number of anilines is 1. The third-order valence-corrected chi connectivity index (χ3v) is 2.68. The van der Waals surface area contributed by atoms with Crippen molar-refractivity contribution in [1.82, 2.24) is 9.97 Å². The number of H-pyrrole nitrogens is 1. The highest BCUT2D eigenvalue weighted by Gasteiger charge is 2.07. The molecular weight excluding hydrogens is 266 g/mol. The summed E-state index contributed by atoms with van der Waals surface area (Å²) in [5.41, 5.74) is 1.23. The van der Waals surface area contributed by atoms with E-state index >= 15 is 0 Å². The summed E-state index contributed by atoms with van der Waals surface area (Å²) >= 11 is 5.71.